The van der Waals surface area contributed by atoms with Crippen LogP contribution >= 0.6 is 0 Å². The fraction of sp³-hybridized carbons (Fsp3) is 0.429. The van der Waals surface area contributed by atoms with Crippen LogP contribution in [0.4, 0.5) is 5.69 Å². The highest BCUT2D eigenvalue weighted by Gasteiger charge is 2.26. The molecular formula is C14H17NO3. The molecule has 96 valence electrons. The first kappa shape index (κ1) is 12.6. The maximum Gasteiger partial charge on any atom is 0.303 e. The molecule has 0 aromatic heterocycles. The van der Waals surface area contributed by atoms with E-state index in [1.807, 2.05) is 19.9 Å². The number of carbonyl (C=O) groups excluding carboxylic acids is 1. The summed E-state index contributed by atoms with van der Waals surface area (Å²) in [7, 11) is 0. The normalized spacial score (nSPS) is 18.1. The first-order valence-electron chi connectivity index (χ1n) is 6.10. The van der Waals surface area contributed by atoms with Crippen molar-refractivity contribution in [2.45, 2.75) is 33.1 Å². The Labute approximate surface area is 106 Å². The average Bonchev–Trinajstić information content (AvgIpc) is 2.29. The maximum atomic E-state index is 11.9. The van der Waals surface area contributed by atoms with E-state index in [1.165, 1.54) is 5.56 Å². The van der Waals surface area contributed by atoms with Crippen molar-refractivity contribution in [3.05, 3.63) is 28.8 Å². The molecule has 4 nitrogen and oxygen atoms in total. The Bertz CT molecular complexity index is 508. The Morgan fingerprint density at radius 1 is 1.39 bits per heavy atom. The molecule has 4 heteroatoms. The van der Waals surface area contributed by atoms with E-state index in [0.29, 0.717) is 12.8 Å². The second-order valence-corrected chi connectivity index (χ2v) is 4.92. The van der Waals surface area contributed by atoms with Gasteiger partial charge in [-0.2, -0.15) is 0 Å². The van der Waals surface area contributed by atoms with Gasteiger partial charge in [-0.15, -0.1) is 0 Å². The number of fused-ring (bicyclic) bond motifs is 1. The smallest absolute Gasteiger partial charge is 0.303 e. The van der Waals surface area contributed by atoms with Gasteiger partial charge in [-0.3, -0.25) is 9.59 Å². The van der Waals surface area contributed by atoms with Crippen molar-refractivity contribution in [2.24, 2.45) is 5.92 Å². The summed E-state index contributed by atoms with van der Waals surface area (Å²) in [6.07, 6.45) is 1.07. The van der Waals surface area contributed by atoms with Gasteiger partial charge in [-0.05, 0) is 49.4 Å². The van der Waals surface area contributed by atoms with E-state index in [9.17, 15) is 9.59 Å². The first-order chi connectivity index (χ1) is 8.47. The molecule has 0 bridgehead atoms. The Morgan fingerprint density at radius 2 is 2.06 bits per heavy atom. The van der Waals surface area contributed by atoms with Crippen molar-refractivity contribution < 1.29 is 14.7 Å². The van der Waals surface area contributed by atoms with Crippen LogP contribution in [0.5, 0.6) is 0 Å². The summed E-state index contributed by atoms with van der Waals surface area (Å²) < 4.78 is 0. The molecule has 2 N–H and O–H groups in total. The number of carboxylic acids is 1. The van der Waals surface area contributed by atoms with Gasteiger partial charge in [-0.25, -0.2) is 0 Å². The molecule has 1 amide bonds. The number of nitrogens with one attached hydrogen (secondary N) is 1. The van der Waals surface area contributed by atoms with Crippen molar-refractivity contribution in [1.29, 1.82) is 0 Å². The lowest BCUT2D eigenvalue weighted by atomic mass is 9.88. The fourth-order valence-electron chi connectivity index (χ4n) is 2.29. The van der Waals surface area contributed by atoms with Gasteiger partial charge in [0.1, 0.15) is 0 Å². The highest BCUT2D eigenvalue weighted by Crippen LogP contribution is 2.30. The van der Waals surface area contributed by atoms with Crippen molar-refractivity contribution in [2.75, 3.05) is 5.32 Å². The van der Waals surface area contributed by atoms with Crippen LogP contribution in [0, 0.1) is 19.8 Å². The van der Waals surface area contributed by atoms with E-state index in [4.69, 9.17) is 5.11 Å². The molecule has 0 fully saturated rings. The Hall–Kier alpha value is -1.84. The van der Waals surface area contributed by atoms with E-state index in [2.05, 4.69) is 11.4 Å². The molecule has 0 spiro atoms. The molecule has 0 saturated heterocycles. The second kappa shape index (κ2) is 4.80. The lowest BCUT2D eigenvalue weighted by molar-refractivity contribution is -0.137. The largest absolute Gasteiger partial charge is 0.481 e. The molecular weight excluding hydrogens is 230 g/mol. The van der Waals surface area contributed by atoms with E-state index in [0.717, 1.165) is 16.8 Å². The van der Waals surface area contributed by atoms with Gasteiger partial charge >= 0.3 is 5.97 Å². The van der Waals surface area contributed by atoms with Crippen molar-refractivity contribution >= 4 is 17.6 Å². The van der Waals surface area contributed by atoms with Crippen LogP contribution in [0.3, 0.4) is 0 Å². The quantitative estimate of drug-likeness (QED) is 0.861. The number of aliphatic carboxylic acids is 1. The third kappa shape index (κ3) is 2.53. The topological polar surface area (TPSA) is 66.4 Å². The van der Waals surface area contributed by atoms with Crippen molar-refractivity contribution in [1.82, 2.24) is 0 Å². The molecule has 0 saturated carbocycles. The molecule has 1 heterocycles. The number of carbonyl (C=O) groups is 2. The van der Waals surface area contributed by atoms with E-state index < -0.39 is 5.97 Å². The van der Waals surface area contributed by atoms with Gasteiger partial charge in [0.25, 0.3) is 0 Å². The molecule has 1 aromatic carbocycles. The van der Waals surface area contributed by atoms with Gasteiger partial charge in [0.2, 0.25) is 5.91 Å². The summed E-state index contributed by atoms with van der Waals surface area (Å²) in [6, 6.07) is 4.06. The summed E-state index contributed by atoms with van der Waals surface area (Å²) in [5.74, 6) is -1.14. The minimum absolute atomic E-state index is 0.0399. The second-order valence-electron chi connectivity index (χ2n) is 4.92. The molecule has 0 radical (unpaired) electrons. The third-order valence-corrected chi connectivity index (χ3v) is 3.52. The minimum atomic E-state index is -0.853. The zero-order valence-corrected chi connectivity index (χ0v) is 10.6. The first-order valence-corrected chi connectivity index (χ1v) is 6.10. The van der Waals surface area contributed by atoms with Crippen LogP contribution in [0.25, 0.3) is 0 Å². The monoisotopic (exact) mass is 247 g/mol. The van der Waals surface area contributed by atoms with Crippen LogP contribution in [0.15, 0.2) is 12.1 Å². The van der Waals surface area contributed by atoms with Crippen LogP contribution in [0.2, 0.25) is 0 Å². The number of rotatable bonds is 3. The summed E-state index contributed by atoms with van der Waals surface area (Å²) >= 11 is 0. The van der Waals surface area contributed by atoms with E-state index >= 15 is 0 Å². The van der Waals surface area contributed by atoms with Crippen LogP contribution in [0.1, 0.15) is 29.5 Å². The maximum absolute atomic E-state index is 11.9. The number of aryl methyl sites for hydroxylation is 2. The summed E-state index contributed by atoms with van der Waals surface area (Å²) in [4.78, 5) is 22.4. The van der Waals surface area contributed by atoms with Crippen LogP contribution < -0.4 is 5.32 Å². The number of hydrogen-bond donors (Lipinski definition) is 2. The van der Waals surface area contributed by atoms with Crippen molar-refractivity contribution in [3.63, 3.8) is 0 Å². The Morgan fingerprint density at radius 3 is 2.72 bits per heavy atom. The minimum Gasteiger partial charge on any atom is -0.481 e. The molecule has 1 aliphatic heterocycles. The predicted octanol–water partition coefficient (Wildman–Crippen LogP) is 2.28. The number of amides is 1. The number of hydrogen-bond acceptors (Lipinski definition) is 2. The molecule has 1 unspecified atom stereocenters. The standard InChI is InChI=1S/C14H17NO3/c1-8-5-11-7-10(3-4-13(16)17)14(18)15-12(11)6-9(8)2/h5-6,10H,3-4,7H2,1-2H3,(H,15,18)(H,16,17). The molecule has 18 heavy (non-hydrogen) atoms. The molecule has 2 rings (SSSR count). The Balaban J connectivity index is 2.19. The zero-order valence-electron chi connectivity index (χ0n) is 10.6. The van der Waals surface area contributed by atoms with Crippen molar-refractivity contribution in [3.8, 4) is 0 Å². The van der Waals surface area contributed by atoms with Crippen LogP contribution in [-0.2, 0) is 16.0 Å². The van der Waals surface area contributed by atoms with E-state index in [1.54, 1.807) is 0 Å². The van der Waals surface area contributed by atoms with E-state index in [-0.39, 0.29) is 18.2 Å². The molecule has 1 atom stereocenters. The van der Waals surface area contributed by atoms with Gasteiger partial charge in [0.05, 0.1) is 0 Å². The summed E-state index contributed by atoms with van der Waals surface area (Å²) in [5, 5.41) is 11.5. The van der Waals surface area contributed by atoms with Gasteiger partial charge in [-0.1, -0.05) is 6.07 Å². The summed E-state index contributed by atoms with van der Waals surface area (Å²) in [5.41, 5.74) is 4.32. The fourth-order valence-corrected chi connectivity index (χ4v) is 2.29. The SMILES string of the molecule is Cc1cc2c(cc1C)NC(=O)C(CCC(=O)O)C2. The highest BCUT2D eigenvalue weighted by atomic mass is 16.4. The lowest BCUT2D eigenvalue weighted by Gasteiger charge is -2.25. The molecule has 0 aliphatic carbocycles. The Kier molecular flexibility index (Phi) is 3.36. The zero-order chi connectivity index (χ0) is 13.3. The average molecular weight is 247 g/mol. The number of benzene rings is 1. The number of anilines is 1. The summed E-state index contributed by atoms with van der Waals surface area (Å²) in [6.45, 7) is 4.05. The highest BCUT2D eigenvalue weighted by molar-refractivity contribution is 5.96. The third-order valence-electron chi connectivity index (χ3n) is 3.52. The molecule has 1 aliphatic rings. The number of carboxylic acid groups (broad SMARTS) is 1. The predicted molar refractivity (Wildman–Crippen MR) is 68.6 cm³/mol. The van der Waals surface area contributed by atoms with Gasteiger partial charge in [0.15, 0.2) is 0 Å². The van der Waals surface area contributed by atoms with Gasteiger partial charge in [0, 0.05) is 18.0 Å². The lowest BCUT2D eigenvalue weighted by Crippen LogP contribution is -2.30. The molecule has 1 aromatic rings. The van der Waals surface area contributed by atoms with Crippen LogP contribution in [-0.4, -0.2) is 17.0 Å². The van der Waals surface area contributed by atoms with Gasteiger partial charge < -0.3 is 10.4 Å².